The number of aliphatic hydroxyl groups is 1. The van der Waals surface area contributed by atoms with E-state index in [9.17, 15) is 19.1 Å². The molecule has 3 rings (SSSR count). The zero-order valence-electron chi connectivity index (χ0n) is 15.6. The van der Waals surface area contributed by atoms with Gasteiger partial charge in [-0.1, -0.05) is 5.92 Å². The number of imidazole rings is 1. The fraction of sp³-hybridized carbons (Fsp3) is 0.462. The molecule has 1 fully saturated rings. The topological polar surface area (TPSA) is 224 Å². The van der Waals surface area contributed by atoms with Gasteiger partial charge in [-0.3, -0.25) is 9.09 Å². The van der Waals surface area contributed by atoms with Gasteiger partial charge in [0.15, 0.2) is 23.2 Å². The maximum Gasteiger partial charge on any atom is 0.481 e. The van der Waals surface area contributed by atoms with Gasteiger partial charge in [0.25, 0.3) is 0 Å². The van der Waals surface area contributed by atoms with Crippen molar-refractivity contribution in [2.45, 2.75) is 24.1 Å². The normalized spacial score (nSPS) is 28.4. The van der Waals surface area contributed by atoms with Gasteiger partial charge in [0.2, 0.25) is 11.6 Å². The molecule has 1 unspecified atom stereocenters. The molecule has 0 aliphatic carbocycles. The minimum atomic E-state index is -5.38. The second-order valence-electron chi connectivity index (χ2n) is 6.23. The molecular weight excluding hydrogens is 465 g/mol. The van der Waals surface area contributed by atoms with Crippen LogP contribution in [-0.2, 0) is 22.7 Å². The Balaban J connectivity index is 1.92. The van der Waals surface area contributed by atoms with Crippen molar-refractivity contribution in [3.63, 3.8) is 0 Å². The highest BCUT2D eigenvalue weighted by Crippen LogP contribution is 2.58. The van der Waals surface area contributed by atoms with E-state index in [1.807, 2.05) is 0 Å². The van der Waals surface area contributed by atoms with E-state index in [1.165, 1.54) is 7.05 Å². The maximum absolute atomic E-state index is 15.5. The van der Waals surface area contributed by atoms with Crippen molar-refractivity contribution >= 4 is 38.6 Å². The highest BCUT2D eigenvalue weighted by molar-refractivity contribution is 7.60. The van der Waals surface area contributed by atoms with Crippen LogP contribution in [0.3, 0.4) is 0 Å². The molecule has 1 aliphatic rings. The monoisotopic (exact) mass is 482 g/mol. The molecule has 18 heteroatoms. The smallest absolute Gasteiger partial charge is 0.386 e. The standard InChI is InChI=1S/C13H17FN6O9P2/c1-3-13(14)8(21)6(4-27-31(25,26)29-30(22,23)24)28-11(13)20-5-17-7-9(16-2)18-12(15)19-10(7)20/h1,5-6,8,11,21H,4H2,2H3,(H,25,26)(H2,22,23,24)(H3,15,16,18,19)/t6-,8-,11-,13-/m1/s1. The van der Waals surface area contributed by atoms with Crippen molar-refractivity contribution < 1.29 is 46.9 Å². The summed E-state index contributed by atoms with van der Waals surface area (Å²) in [7, 11) is -9.11. The third-order valence-electron chi connectivity index (χ3n) is 4.21. The molecule has 0 radical (unpaired) electrons. The number of phosphoric ester groups is 1. The molecule has 2 aromatic rings. The van der Waals surface area contributed by atoms with E-state index in [-0.39, 0.29) is 22.9 Å². The molecule has 7 N–H and O–H groups in total. The Hall–Kier alpha value is -2.18. The van der Waals surface area contributed by atoms with Gasteiger partial charge in [0.05, 0.1) is 12.9 Å². The first-order chi connectivity index (χ1) is 14.3. The summed E-state index contributed by atoms with van der Waals surface area (Å²) < 4.78 is 52.3. The van der Waals surface area contributed by atoms with Gasteiger partial charge >= 0.3 is 15.6 Å². The number of ether oxygens (including phenoxy) is 1. The summed E-state index contributed by atoms with van der Waals surface area (Å²) in [6.07, 6.45) is 0.920. The first-order valence-electron chi connectivity index (χ1n) is 8.23. The summed E-state index contributed by atoms with van der Waals surface area (Å²) in [6.45, 7) is -1.01. The lowest BCUT2D eigenvalue weighted by atomic mass is 9.97. The summed E-state index contributed by atoms with van der Waals surface area (Å²) in [5.74, 6) is 1.82. The van der Waals surface area contributed by atoms with Crippen molar-refractivity contribution in [3.8, 4) is 12.3 Å². The molecule has 2 aromatic heterocycles. The van der Waals surface area contributed by atoms with Gasteiger partial charge in [-0.25, -0.2) is 18.5 Å². The number of fused-ring (bicyclic) bond motifs is 1. The van der Waals surface area contributed by atoms with E-state index < -0.39 is 46.4 Å². The molecule has 15 nitrogen and oxygen atoms in total. The maximum atomic E-state index is 15.5. The van der Waals surface area contributed by atoms with Gasteiger partial charge in [0, 0.05) is 7.05 Å². The number of halogens is 1. The predicted octanol–water partition coefficient (Wildman–Crippen LogP) is -0.724. The number of aromatic nitrogens is 4. The average molecular weight is 482 g/mol. The summed E-state index contributed by atoms with van der Waals surface area (Å²) in [5.41, 5.74) is 2.95. The first-order valence-corrected chi connectivity index (χ1v) is 11.3. The second kappa shape index (κ2) is 8.06. The summed E-state index contributed by atoms with van der Waals surface area (Å²) in [5, 5.41) is 13.1. The van der Waals surface area contributed by atoms with Crippen molar-refractivity contribution in [2.75, 3.05) is 24.7 Å². The van der Waals surface area contributed by atoms with Gasteiger partial charge in [-0.15, -0.1) is 6.42 Å². The average Bonchev–Trinajstić information content (AvgIpc) is 3.17. The molecule has 0 bridgehead atoms. The predicted molar refractivity (Wildman–Crippen MR) is 101 cm³/mol. The van der Waals surface area contributed by atoms with Crippen LogP contribution >= 0.6 is 15.6 Å². The van der Waals surface area contributed by atoms with Gasteiger partial charge in [-0.05, 0) is 0 Å². The molecule has 3 heterocycles. The molecule has 0 saturated carbocycles. The number of rotatable bonds is 7. The molecular formula is C13H17FN6O9P2. The molecule has 1 saturated heterocycles. The zero-order chi connectivity index (χ0) is 23.2. The van der Waals surface area contributed by atoms with Gasteiger partial charge < -0.3 is 35.6 Å². The molecule has 170 valence electrons. The number of nitrogens with two attached hydrogens (primary N) is 1. The van der Waals surface area contributed by atoms with Crippen LogP contribution < -0.4 is 11.1 Å². The fourth-order valence-corrected chi connectivity index (χ4v) is 4.51. The highest BCUT2D eigenvalue weighted by Gasteiger charge is 2.58. The Bertz CT molecular complexity index is 1130. The number of hydrogen-bond donors (Lipinski definition) is 6. The van der Waals surface area contributed by atoms with Crippen molar-refractivity contribution in [1.82, 2.24) is 19.5 Å². The van der Waals surface area contributed by atoms with Crippen molar-refractivity contribution in [2.24, 2.45) is 0 Å². The Kier molecular flexibility index (Phi) is 6.11. The zero-order valence-corrected chi connectivity index (χ0v) is 17.4. The molecule has 31 heavy (non-hydrogen) atoms. The van der Waals surface area contributed by atoms with E-state index in [0.29, 0.717) is 0 Å². The molecule has 1 aliphatic heterocycles. The highest BCUT2D eigenvalue weighted by atomic mass is 31.3. The number of nitrogen functional groups attached to an aromatic ring is 1. The SMILES string of the molecule is C#C[C@@]1(F)[C@H](O)[C@@H](COP(=O)(O)OP(=O)(O)O)O[C@H]1n1cnc2c(NC)nc(N)nc21. The quantitative estimate of drug-likeness (QED) is 0.212. The molecule has 5 atom stereocenters. The van der Waals surface area contributed by atoms with Crippen LogP contribution in [0.25, 0.3) is 11.2 Å². The number of alkyl halides is 1. The number of nitrogens with zero attached hydrogens (tertiary/aromatic N) is 4. The van der Waals surface area contributed by atoms with E-state index in [1.54, 1.807) is 5.92 Å². The minimum Gasteiger partial charge on any atom is -0.386 e. The minimum absolute atomic E-state index is 0.00514. The number of anilines is 2. The van der Waals surface area contributed by atoms with Crippen LogP contribution in [0.4, 0.5) is 16.2 Å². The van der Waals surface area contributed by atoms with Crippen LogP contribution in [0.15, 0.2) is 6.33 Å². The number of aliphatic hydroxyl groups excluding tert-OH is 1. The summed E-state index contributed by atoms with van der Waals surface area (Å²) in [6, 6.07) is 0. The van der Waals surface area contributed by atoms with Crippen LogP contribution in [0, 0.1) is 12.3 Å². The Morgan fingerprint density at radius 1 is 1.45 bits per heavy atom. The second-order valence-corrected chi connectivity index (χ2v) is 9.05. The molecule has 0 spiro atoms. The lowest BCUT2D eigenvalue weighted by Crippen LogP contribution is -2.42. The molecule has 0 aromatic carbocycles. The van der Waals surface area contributed by atoms with Crippen LogP contribution in [0.2, 0.25) is 0 Å². The van der Waals surface area contributed by atoms with Crippen molar-refractivity contribution in [3.05, 3.63) is 6.33 Å². The van der Waals surface area contributed by atoms with Crippen molar-refractivity contribution in [1.29, 1.82) is 0 Å². The van der Waals surface area contributed by atoms with Gasteiger partial charge in [-0.2, -0.15) is 14.3 Å². The Morgan fingerprint density at radius 2 is 2.13 bits per heavy atom. The van der Waals surface area contributed by atoms with E-state index in [4.69, 9.17) is 26.7 Å². The fourth-order valence-electron chi connectivity index (χ4n) is 2.92. The Morgan fingerprint density at radius 3 is 2.71 bits per heavy atom. The molecule has 0 amide bonds. The number of phosphoric acid groups is 2. The first kappa shape index (κ1) is 23.5. The summed E-state index contributed by atoms with van der Waals surface area (Å²) in [4.78, 5) is 38.6. The van der Waals surface area contributed by atoms with E-state index in [2.05, 4.69) is 29.1 Å². The lowest BCUT2D eigenvalue weighted by Gasteiger charge is -2.23. The van der Waals surface area contributed by atoms with Crippen LogP contribution in [0.5, 0.6) is 0 Å². The third kappa shape index (κ3) is 4.55. The van der Waals surface area contributed by atoms with Gasteiger partial charge in [0.1, 0.15) is 12.2 Å². The lowest BCUT2D eigenvalue weighted by molar-refractivity contribution is -0.0496. The van der Waals surface area contributed by atoms with Crippen LogP contribution in [0.1, 0.15) is 6.23 Å². The van der Waals surface area contributed by atoms with E-state index >= 15 is 4.39 Å². The Labute approximate surface area is 173 Å². The number of terminal acetylenes is 1. The van der Waals surface area contributed by atoms with E-state index in [0.717, 1.165) is 10.9 Å². The number of nitrogens with one attached hydrogen (secondary N) is 1. The number of hydrogen-bond acceptors (Lipinski definition) is 11. The largest absolute Gasteiger partial charge is 0.481 e. The summed E-state index contributed by atoms with van der Waals surface area (Å²) >= 11 is 0. The third-order valence-corrected chi connectivity index (χ3v) is 6.36. The van der Waals surface area contributed by atoms with Crippen LogP contribution in [-0.4, -0.2) is 70.8 Å².